The number of benzene rings is 1. The summed E-state index contributed by atoms with van der Waals surface area (Å²) in [5, 5.41) is 24.4. The molecule has 1 aliphatic rings. The maximum absolute atomic E-state index is 10.6. The zero-order chi connectivity index (χ0) is 23.2. The number of β-amino-alcohol motifs (C(OH)–C–C–N with tert-alkyl or cyclic N) is 1. The lowest BCUT2D eigenvalue weighted by Crippen LogP contribution is -2.39. The van der Waals surface area contributed by atoms with Crippen molar-refractivity contribution in [1.82, 2.24) is 10.2 Å². The van der Waals surface area contributed by atoms with Gasteiger partial charge in [-0.1, -0.05) is 37.5 Å². The number of likely N-dealkylation sites (tertiary alicyclic amines) is 1. The Kier molecular flexibility index (Phi) is 11.8. The van der Waals surface area contributed by atoms with E-state index in [1.54, 1.807) is 19.3 Å². The molecule has 1 fully saturated rings. The quantitative estimate of drug-likeness (QED) is 0.379. The van der Waals surface area contributed by atoms with E-state index in [2.05, 4.69) is 23.4 Å². The van der Waals surface area contributed by atoms with Gasteiger partial charge in [0, 0.05) is 19.6 Å². The molecule has 1 aromatic carbocycles. The van der Waals surface area contributed by atoms with Crippen molar-refractivity contribution in [2.24, 2.45) is 0 Å². The summed E-state index contributed by atoms with van der Waals surface area (Å²) in [6.45, 7) is 11.5. The third kappa shape index (κ3) is 9.33. The van der Waals surface area contributed by atoms with E-state index in [1.807, 2.05) is 18.2 Å². The van der Waals surface area contributed by atoms with E-state index in [9.17, 15) is 10.2 Å². The number of nitrogens with one attached hydrogen (secondary N) is 1. The number of ether oxygens (including phenoxy) is 2. The molecule has 6 nitrogen and oxygen atoms in total. The Labute approximate surface area is 193 Å². The van der Waals surface area contributed by atoms with Crippen LogP contribution in [0.1, 0.15) is 50.5 Å². The van der Waals surface area contributed by atoms with Crippen LogP contribution in [-0.2, 0) is 6.54 Å². The van der Waals surface area contributed by atoms with Crippen molar-refractivity contribution in [3.05, 3.63) is 49.1 Å². The monoisotopic (exact) mass is 446 g/mol. The first kappa shape index (κ1) is 26.4. The van der Waals surface area contributed by atoms with Gasteiger partial charge in [0.05, 0.1) is 12.7 Å². The minimum absolute atomic E-state index is 0.237. The summed E-state index contributed by atoms with van der Waals surface area (Å²) in [7, 11) is 1.61. The van der Waals surface area contributed by atoms with E-state index in [1.165, 1.54) is 32.1 Å². The zero-order valence-corrected chi connectivity index (χ0v) is 19.7. The molecule has 3 N–H and O–H groups in total. The highest BCUT2D eigenvalue weighted by Gasteiger charge is 2.23. The Bertz CT molecular complexity index is 676. The third-order valence-corrected chi connectivity index (χ3v) is 5.91. The maximum Gasteiger partial charge on any atom is 0.161 e. The van der Waals surface area contributed by atoms with Crippen LogP contribution in [-0.4, -0.2) is 66.7 Å². The van der Waals surface area contributed by atoms with Gasteiger partial charge < -0.3 is 29.9 Å². The molecule has 1 aromatic rings. The number of aliphatic hydroxyl groups excluding tert-OH is 1. The first-order valence-electron chi connectivity index (χ1n) is 11.8. The van der Waals surface area contributed by atoms with Crippen LogP contribution in [0.25, 0.3) is 0 Å². The molecule has 2 rings (SSSR count). The van der Waals surface area contributed by atoms with Crippen LogP contribution >= 0.6 is 0 Å². The van der Waals surface area contributed by atoms with Gasteiger partial charge in [-0.2, -0.15) is 0 Å². The van der Waals surface area contributed by atoms with Crippen LogP contribution in [0.15, 0.2) is 43.5 Å². The maximum atomic E-state index is 10.6. The summed E-state index contributed by atoms with van der Waals surface area (Å²) in [6.07, 6.45) is 10.2. The largest absolute Gasteiger partial charge is 0.493 e. The van der Waals surface area contributed by atoms with Crippen LogP contribution in [0.3, 0.4) is 0 Å². The number of aliphatic hydroxyl groups is 2. The Morgan fingerprint density at radius 2 is 1.75 bits per heavy atom. The summed E-state index contributed by atoms with van der Waals surface area (Å²) in [5.41, 5.74) is 0.147. The number of hydrogen-bond donors (Lipinski definition) is 3. The molecule has 180 valence electrons. The molecule has 0 aliphatic carbocycles. The van der Waals surface area contributed by atoms with Crippen molar-refractivity contribution in [3.63, 3.8) is 0 Å². The fourth-order valence-electron chi connectivity index (χ4n) is 4.18. The van der Waals surface area contributed by atoms with Crippen LogP contribution in [0.4, 0.5) is 0 Å². The zero-order valence-electron chi connectivity index (χ0n) is 19.7. The smallest absolute Gasteiger partial charge is 0.161 e. The number of hydrogen-bond acceptors (Lipinski definition) is 6. The van der Waals surface area contributed by atoms with Gasteiger partial charge >= 0.3 is 0 Å². The van der Waals surface area contributed by atoms with Crippen molar-refractivity contribution in [2.45, 2.75) is 63.2 Å². The van der Waals surface area contributed by atoms with E-state index in [0.29, 0.717) is 44.0 Å². The van der Waals surface area contributed by atoms with Crippen LogP contribution < -0.4 is 14.8 Å². The van der Waals surface area contributed by atoms with Gasteiger partial charge in [-0.05, 0) is 56.5 Å². The Balaban J connectivity index is 1.84. The second-order valence-corrected chi connectivity index (χ2v) is 8.83. The van der Waals surface area contributed by atoms with Crippen molar-refractivity contribution in [2.75, 3.05) is 39.9 Å². The molecule has 6 heteroatoms. The molecule has 0 saturated carbocycles. The van der Waals surface area contributed by atoms with Crippen molar-refractivity contribution >= 4 is 0 Å². The normalized spacial score (nSPS) is 16.6. The van der Waals surface area contributed by atoms with Crippen LogP contribution in [0.5, 0.6) is 11.5 Å². The summed E-state index contributed by atoms with van der Waals surface area (Å²) >= 11 is 0. The fraction of sp³-hybridized carbons (Fsp3) is 0.615. The standard InChI is InChI=1S/C26H42N2O4/c1-4-13-26(30,14-5-2)21-27-18-22-11-12-24(25(17-22)31-3)32-20-23(29)19-28-15-9-7-6-8-10-16-28/h4-5,11-12,17,23,27,29-30H,1-2,6-10,13-16,18-21H2,3H3. The average molecular weight is 447 g/mol. The molecule has 1 unspecified atom stereocenters. The molecular weight excluding hydrogens is 404 g/mol. The molecule has 0 radical (unpaired) electrons. The van der Waals surface area contributed by atoms with Crippen molar-refractivity contribution in [3.8, 4) is 11.5 Å². The molecule has 32 heavy (non-hydrogen) atoms. The summed E-state index contributed by atoms with van der Waals surface area (Å²) in [5.74, 6) is 1.26. The predicted molar refractivity (Wildman–Crippen MR) is 130 cm³/mol. The number of nitrogens with zero attached hydrogens (tertiary/aromatic N) is 1. The van der Waals surface area contributed by atoms with Gasteiger partial charge in [0.15, 0.2) is 11.5 Å². The Morgan fingerprint density at radius 1 is 1.09 bits per heavy atom. The van der Waals surface area contributed by atoms with Gasteiger partial charge in [-0.25, -0.2) is 0 Å². The van der Waals surface area contributed by atoms with Crippen molar-refractivity contribution < 1.29 is 19.7 Å². The molecule has 1 heterocycles. The van der Waals surface area contributed by atoms with Gasteiger partial charge in [0.1, 0.15) is 12.7 Å². The van der Waals surface area contributed by atoms with E-state index >= 15 is 0 Å². The molecule has 0 amide bonds. The summed E-state index contributed by atoms with van der Waals surface area (Å²) in [6, 6.07) is 5.76. The van der Waals surface area contributed by atoms with E-state index in [0.717, 1.165) is 18.7 Å². The molecule has 0 spiro atoms. The Hall–Kier alpha value is -1.86. The van der Waals surface area contributed by atoms with Crippen LogP contribution in [0.2, 0.25) is 0 Å². The minimum Gasteiger partial charge on any atom is -0.493 e. The molecular formula is C26H42N2O4. The highest BCUT2D eigenvalue weighted by Crippen LogP contribution is 2.28. The molecule has 1 aliphatic heterocycles. The second-order valence-electron chi connectivity index (χ2n) is 8.83. The lowest BCUT2D eigenvalue weighted by atomic mass is 9.95. The molecule has 0 bridgehead atoms. The predicted octanol–water partition coefficient (Wildman–Crippen LogP) is 3.67. The molecule has 1 saturated heterocycles. The van der Waals surface area contributed by atoms with Gasteiger partial charge in [-0.3, -0.25) is 0 Å². The van der Waals surface area contributed by atoms with Gasteiger partial charge in [0.2, 0.25) is 0 Å². The third-order valence-electron chi connectivity index (χ3n) is 5.91. The molecule has 1 atom stereocenters. The number of rotatable bonds is 14. The lowest BCUT2D eigenvalue weighted by molar-refractivity contribution is 0.0461. The van der Waals surface area contributed by atoms with Crippen molar-refractivity contribution in [1.29, 1.82) is 0 Å². The average Bonchev–Trinajstić information content (AvgIpc) is 2.74. The Morgan fingerprint density at radius 3 is 2.38 bits per heavy atom. The van der Waals surface area contributed by atoms with E-state index in [4.69, 9.17) is 9.47 Å². The topological polar surface area (TPSA) is 74.2 Å². The molecule has 0 aromatic heterocycles. The van der Waals surface area contributed by atoms with E-state index < -0.39 is 11.7 Å². The minimum atomic E-state index is -0.876. The lowest BCUT2D eigenvalue weighted by Gasteiger charge is -2.27. The first-order valence-corrected chi connectivity index (χ1v) is 11.8. The van der Waals surface area contributed by atoms with Crippen LogP contribution in [0, 0.1) is 0 Å². The highest BCUT2D eigenvalue weighted by molar-refractivity contribution is 5.43. The van der Waals surface area contributed by atoms with Gasteiger partial charge in [0.25, 0.3) is 0 Å². The fourth-order valence-corrected chi connectivity index (χ4v) is 4.18. The van der Waals surface area contributed by atoms with E-state index in [-0.39, 0.29) is 6.61 Å². The first-order chi connectivity index (χ1) is 15.5. The van der Waals surface area contributed by atoms with Gasteiger partial charge in [-0.15, -0.1) is 13.2 Å². The second kappa shape index (κ2) is 14.3. The SMILES string of the molecule is C=CCC(O)(CC=C)CNCc1ccc(OCC(O)CN2CCCCCCC2)c(OC)c1. The number of methoxy groups -OCH3 is 1. The highest BCUT2D eigenvalue weighted by atomic mass is 16.5. The summed E-state index contributed by atoms with van der Waals surface area (Å²) < 4.78 is 11.4. The summed E-state index contributed by atoms with van der Waals surface area (Å²) in [4.78, 5) is 2.35.